The molecular formula is C18H25ClFN5O2. The molecular weight excluding hydrogens is 373 g/mol. The Kier molecular flexibility index (Phi) is 7.55. The molecule has 9 heteroatoms. The molecule has 2 aromatic rings. The number of aryl methyl sites for hydroxylation is 2. The van der Waals surface area contributed by atoms with Crippen LogP contribution in [0.1, 0.15) is 36.6 Å². The van der Waals surface area contributed by atoms with Gasteiger partial charge in [0.25, 0.3) is 0 Å². The number of carbonyl (C=O) groups is 1. The largest absolute Gasteiger partial charge is 0.494 e. The van der Waals surface area contributed by atoms with Crippen LogP contribution in [0.15, 0.2) is 18.2 Å². The number of benzene rings is 1. The molecule has 2 heterocycles. The van der Waals surface area contributed by atoms with Gasteiger partial charge in [0, 0.05) is 19.4 Å². The number of piperidine rings is 1. The molecule has 1 aromatic heterocycles. The molecule has 27 heavy (non-hydrogen) atoms. The number of hydrogen-bond acceptors (Lipinski definition) is 5. The van der Waals surface area contributed by atoms with Crippen molar-refractivity contribution < 1.29 is 13.9 Å². The second-order valence-corrected chi connectivity index (χ2v) is 6.46. The number of nitrogens with one attached hydrogen (secondary N) is 2. The quantitative estimate of drug-likeness (QED) is 0.782. The minimum absolute atomic E-state index is 0. The minimum atomic E-state index is -0.426. The number of methoxy groups -OCH3 is 1. The maximum atomic E-state index is 13.7. The summed E-state index contributed by atoms with van der Waals surface area (Å²) in [7, 11) is 3.19. The van der Waals surface area contributed by atoms with Gasteiger partial charge in [0.05, 0.1) is 7.11 Å². The van der Waals surface area contributed by atoms with Crippen molar-refractivity contribution in [3.8, 4) is 5.75 Å². The second-order valence-electron chi connectivity index (χ2n) is 6.46. The predicted octanol–water partition coefficient (Wildman–Crippen LogP) is 2.42. The van der Waals surface area contributed by atoms with E-state index in [1.54, 1.807) is 23.9 Å². The molecule has 0 spiro atoms. The third kappa shape index (κ3) is 5.40. The number of hydrogen-bond donors (Lipinski definition) is 2. The van der Waals surface area contributed by atoms with Crippen LogP contribution in [-0.4, -0.2) is 40.9 Å². The van der Waals surface area contributed by atoms with E-state index in [1.807, 2.05) is 0 Å². The van der Waals surface area contributed by atoms with Crippen LogP contribution >= 0.6 is 12.4 Å². The highest BCUT2D eigenvalue weighted by molar-refractivity contribution is 5.89. The van der Waals surface area contributed by atoms with Gasteiger partial charge in [-0.25, -0.2) is 9.07 Å². The fraction of sp³-hybridized carbons (Fsp3) is 0.500. The molecule has 1 aliphatic heterocycles. The molecule has 1 amide bonds. The van der Waals surface area contributed by atoms with E-state index < -0.39 is 5.82 Å². The topological polar surface area (TPSA) is 81.1 Å². The fourth-order valence-electron chi connectivity index (χ4n) is 3.08. The maximum absolute atomic E-state index is 13.7. The first-order valence-electron chi connectivity index (χ1n) is 8.80. The molecule has 1 aliphatic rings. The normalized spacial score (nSPS) is 14.5. The first kappa shape index (κ1) is 21.1. The third-order valence-corrected chi connectivity index (χ3v) is 4.59. The number of aromatic nitrogens is 3. The Bertz CT molecular complexity index is 777. The fourth-order valence-corrected chi connectivity index (χ4v) is 3.08. The van der Waals surface area contributed by atoms with Gasteiger partial charge in [-0.3, -0.25) is 10.1 Å². The SMILES string of the molecule is COc1ccc(CCC(=O)Nc2nc(C3CCNCC3)nn2C)cc1F.Cl. The lowest BCUT2D eigenvalue weighted by Crippen LogP contribution is -2.27. The van der Waals surface area contributed by atoms with Crippen LogP contribution in [0.3, 0.4) is 0 Å². The van der Waals surface area contributed by atoms with Gasteiger partial charge >= 0.3 is 0 Å². The van der Waals surface area contributed by atoms with E-state index in [1.165, 1.54) is 13.2 Å². The van der Waals surface area contributed by atoms with Gasteiger partial charge in [-0.2, -0.15) is 10.1 Å². The lowest BCUT2D eigenvalue weighted by atomic mass is 9.98. The lowest BCUT2D eigenvalue weighted by molar-refractivity contribution is -0.116. The number of halogens is 2. The summed E-state index contributed by atoms with van der Waals surface area (Å²) < 4.78 is 20.2. The van der Waals surface area contributed by atoms with Crippen molar-refractivity contribution in [2.24, 2.45) is 7.05 Å². The first-order chi connectivity index (χ1) is 12.6. The van der Waals surface area contributed by atoms with Gasteiger partial charge in [-0.1, -0.05) is 6.07 Å². The lowest BCUT2D eigenvalue weighted by Gasteiger charge is -2.19. The Morgan fingerprint density at radius 1 is 1.41 bits per heavy atom. The summed E-state index contributed by atoms with van der Waals surface area (Å²) in [5, 5.41) is 10.5. The van der Waals surface area contributed by atoms with E-state index in [2.05, 4.69) is 20.7 Å². The number of rotatable bonds is 6. The molecule has 2 N–H and O–H groups in total. The molecule has 0 aliphatic carbocycles. The molecule has 7 nitrogen and oxygen atoms in total. The highest BCUT2D eigenvalue weighted by Gasteiger charge is 2.21. The average Bonchev–Trinajstić information content (AvgIpc) is 3.01. The van der Waals surface area contributed by atoms with Crippen molar-refractivity contribution in [1.29, 1.82) is 0 Å². The highest BCUT2D eigenvalue weighted by Crippen LogP contribution is 2.23. The summed E-state index contributed by atoms with van der Waals surface area (Å²) in [6, 6.07) is 4.72. The van der Waals surface area contributed by atoms with E-state index in [0.29, 0.717) is 18.3 Å². The molecule has 148 valence electrons. The molecule has 0 saturated carbocycles. The molecule has 1 fully saturated rings. The monoisotopic (exact) mass is 397 g/mol. The summed E-state index contributed by atoms with van der Waals surface area (Å²) in [5.74, 6) is 1.16. The van der Waals surface area contributed by atoms with Crippen LogP contribution in [0.5, 0.6) is 5.75 Å². The van der Waals surface area contributed by atoms with Crippen LogP contribution in [0.25, 0.3) is 0 Å². The van der Waals surface area contributed by atoms with Crippen LogP contribution in [0, 0.1) is 5.82 Å². The number of anilines is 1. The van der Waals surface area contributed by atoms with E-state index in [9.17, 15) is 9.18 Å². The summed E-state index contributed by atoms with van der Waals surface area (Å²) in [6.07, 6.45) is 2.67. The predicted molar refractivity (Wildman–Crippen MR) is 103 cm³/mol. The molecule has 0 unspecified atom stereocenters. The molecule has 1 aromatic carbocycles. The van der Waals surface area contributed by atoms with Crippen molar-refractivity contribution in [2.45, 2.75) is 31.6 Å². The first-order valence-corrected chi connectivity index (χ1v) is 8.80. The molecule has 0 atom stereocenters. The minimum Gasteiger partial charge on any atom is -0.494 e. The second kappa shape index (κ2) is 9.66. The number of amides is 1. The van der Waals surface area contributed by atoms with E-state index in [4.69, 9.17) is 4.74 Å². The Hall–Kier alpha value is -2.19. The van der Waals surface area contributed by atoms with Crippen molar-refractivity contribution in [2.75, 3.05) is 25.5 Å². The zero-order chi connectivity index (χ0) is 18.5. The van der Waals surface area contributed by atoms with Gasteiger partial charge in [0.1, 0.15) is 0 Å². The van der Waals surface area contributed by atoms with Crippen LogP contribution < -0.4 is 15.4 Å². The Balaban J connectivity index is 0.00000261. The number of ether oxygens (including phenoxy) is 1. The zero-order valence-corrected chi connectivity index (χ0v) is 16.3. The van der Waals surface area contributed by atoms with Gasteiger partial charge in [-0.15, -0.1) is 12.4 Å². The maximum Gasteiger partial charge on any atom is 0.227 e. The van der Waals surface area contributed by atoms with Gasteiger partial charge in [0.2, 0.25) is 11.9 Å². The molecule has 3 rings (SSSR count). The van der Waals surface area contributed by atoms with Crippen molar-refractivity contribution >= 4 is 24.3 Å². The van der Waals surface area contributed by atoms with Crippen molar-refractivity contribution in [3.63, 3.8) is 0 Å². The van der Waals surface area contributed by atoms with Crippen molar-refractivity contribution in [3.05, 3.63) is 35.4 Å². The smallest absolute Gasteiger partial charge is 0.227 e. The van der Waals surface area contributed by atoms with Crippen molar-refractivity contribution in [1.82, 2.24) is 20.1 Å². The van der Waals surface area contributed by atoms with Crippen LogP contribution in [0.4, 0.5) is 10.3 Å². The van der Waals surface area contributed by atoms with E-state index in [-0.39, 0.29) is 30.5 Å². The third-order valence-electron chi connectivity index (χ3n) is 4.59. The molecule has 0 radical (unpaired) electrons. The average molecular weight is 398 g/mol. The van der Waals surface area contributed by atoms with Gasteiger partial charge in [0.15, 0.2) is 17.4 Å². The molecule has 0 bridgehead atoms. The Morgan fingerprint density at radius 2 is 2.15 bits per heavy atom. The molecule has 1 saturated heterocycles. The Morgan fingerprint density at radius 3 is 2.81 bits per heavy atom. The van der Waals surface area contributed by atoms with Crippen LogP contribution in [-0.2, 0) is 18.3 Å². The highest BCUT2D eigenvalue weighted by atomic mass is 35.5. The zero-order valence-electron chi connectivity index (χ0n) is 15.5. The summed E-state index contributed by atoms with van der Waals surface area (Å²) in [5.41, 5.74) is 0.742. The summed E-state index contributed by atoms with van der Waals surface area (Å²) in [6.45, 7) is 1.92. The van der Waals surface area contributed by atoms with Gasteiger partial charge < -0.3 is 10.1 Å². The number of nitrogens with zero attached hydrogens (tertiary/aromatic N) is 3. The number of carbonyl (C=O) groups excluding carboxylic acids is 1. The van der Waals surface area contributed by atoms with Gasteiger partial charge in [-0.05, 0) is 50.0 Å². The van der Waals surface area contributed by atoms with E-state index in [0.717, 1.165) is 37.3 Å². The summed E-state index contributed by atoms with van der Waals surface area (Å²) >= 11 is 0. The van der Waals surface area contributed by atoms with Crippen LogP contribution in [0.2, 0.25) is 0 Å². The standard InChI is InChI=1S/C18H24FN5O2.ClH/c1-24-18(22-17(23-24)13-7-9-20-10-8-13)21-16(25)6-4-12-3-5-15(26-2)14(19)11-12;/h3,5,11,13,20H,4,6-10H2,1-2H3,(H,21,22,23,25);1H. The summed E-state index contributed by atoms with van der Waals surface area (Å²) in [4.78, 5) is 16.7. The van der Waals surface area contributed by atoms with E-state index >= 15 is 0 Å². The Labute approximate surface area is 164 Å².